The van der Waals surface area contributed by atoms with E-state index in [1.165, 1.54) is 30.9 Å². The van der Waals surface area contributed by atoms with Crippen molar-refractivity contribution in [1.29, 1.82) is 0 Å². The van der Waals surface area contributed by atoms with Crippen molar-refractivity contribution in [1.82, 2.24) is 0 Å². The second-order valence-electron chi connectivity index (χ2n) is 5.82. The van der Waals surface area contributed by atoms with E-state index in [0.29, 0.717) is 23.0 Å². The normalized spacial score (nSPS) is 28.3. The minimum atomic E-state index is -0.346. The highest BCUT2D eigenvalue weighted by Gasteiger charge is 2.35. The molecule has 0 amide bonds. The third-order valence-electron chi connectivity index (χ3n) is 4.65. The fourth-order valence-electron chi connectivity index (χ4n) is 3.69. The average Bonchev–Trinajstić information content (AvgIpc) is 3.12. The van der Waals surface area contributed by atoms with E-state index in [1.807, 2.05) is 6.08 Å². The SMILES string of the molecule is O=[N+]([O-])c1cc2c(cc1/C=C1/CC3CCC1C3)OCO2. The van der Waals surface area contributed by atoms with Crippen molar-refractivity contribution in [2.75, 3.05) is 6.79 Å². The Morgan fingerprint density at radius 1 is 1.25 bits per heavy atom. The van der Waals surface area contributed by atoms with Crippen LogP contribution in [0.3, 0.4) is 0 Å². The van der Waals surface area contributed by atoms with Gasteiger partial charge in [-0.25, -0.2) is 0 Å². The molecule has 20 heavy (non-hydrogen) atoms. The van der Waals surface area contributed by atoms with Crippen LogP contribution in [-0.2, 0) is 0 Å². The molecular weight excluding hydrogens is 258 g/mol. The summed E-state index contributed by atoms with van der Waals surface area (Å²) in [5.74, 6) is 2.49. The lowest BCUT2D eigenvalue weighted by Gasteiger charge is -2.13. The topological polar surface area (TPSA) is 61.6 Å². The Morgan fingerprint density at radius 3 is 2.70 bits per heavy atom. The standard InChI is InChI=1S/C15H15NO4/c17-16(18)13-7-15-14(19-8-20-15)6-12(13)5-11-4-9-1-2-10(11)3-9/h5-7,9-10H,1-4,8H2/b11-5-. The molecule has 0 saturated heterocycles. The molecule has 104 valence electrons. The highest BCUT2D eigenvalue weighted by atomic mass is 16.7. The van der Waals surface area contributed by atoms with Gasteiger partial charge in [0.25, 0.3) is 5.69 Å². The van der Waals surface area contributed by atoms with Crippen molar-refractivity contribution in [3.8, 4) is 11.5 Å². The first kappa shape index (κ1) is 11.8. The predicted octanol–water partition coefficient (Wildman–Crippen LogP) is 3.53. The number of hydrogen-bond donors (Lipinski definition) is 0. The van der Waals surface area contributed by atoms with Gasteiger partial charge in [-0.1, -0.05) is 5.57 Å². The molecular formula is C15H15NO4. The molecule has 3 aliphatic rings. The van der Waals surface area contributed by atoms with Gasteiger partial charge in [0.05, 0.1) is 16.6 Å². The maximum Gasteiger partial charge on any atom is 0.280 e. The third kappa shape index (κ3) is 1.77. The molecule has 2 saturated carbocycles. The smallest absolute Gasteiger partial charge is 0.280 e. The molecule has 2 fully saturated rings. The molecule has 0 radical (unpaired) electrons. The van der Waals surface area contributed by atoms with Crippen molar-refractivity contribution in [2.24, 2.45) is 11.8 Å². The van der Waals surface area contributed by atoms with Crippen LogP contribution in [0.2, 0.25) is 0 Å². The average molecular weight is 273 g/mol. The lowest BCUT2D eigenvalue weighted by molar-refractivity contribution is -0.385. The summed E-state index contributed by atoms with van der Waals surface area (Å²) in [6, 6.07) is 3.21. The van der Waals surface area contributed by atoms with Crippen LogP contribution in [0.25, 0.3) is 6.08 Å². The molecule has 2 unspecified atom stereocenters. The number of ether oxygens (including phenoxy) is 2. The highest BCUT2D eigenvalue weighted by molar-refractivity contribution is 5.69. The van der Waals surface area contributed by atoms with Gasteiger partial charge in [0.2, 0.25) is 6.79 Å². The van der Waals surface area contributed by atoms with E-state index in [1.54, 1.807) is 6.07 Å². The van der Waals surface area contributed by atoms with Crippen molar-refractivity contribution in [3.63, 3.8) is 0 Å². The van der Waals surface area contributed by atoms with Crippen LogP contribution in [0.1, 0.15) is 31.2 Å². The first-order chi connectivity index (χ1) is 9.70. The van der Waals surface area contributed by atoms with Gasteiger partial charge < -0.3 is 9.47 Å². The molecule has 0 N–H and O–H groups in total. The zero-order chi connectivity index (χ0) is 13.7. The lowest BCUT2D eigenvalue weighted by atomic mass is 9.93. The molecule has 5 nitrogen and oxygen atoms in total. The van der Waals surface area contributed by atoms with Crippen LogP contribution in [0.4, 0.5) is 5.69 Å². The van der Waals surface area contributed by atoms with E-state index in [-0.39, 0.29) is 17.4 Å². The summed E-state index contributed by atoms with van der Waals surface area (Å²) in [5.41, 5.74) is 2.11. The number of rotatable bonds is 2. The Labute approximate surface area is 116 Å². The molecule has 1 aromatic carbocycles. The van der Waals surface area contributed by atoms with Gasteiger partial charge in [-0.15, -0.1) is 0 Å². The zero-order valence-electron chi connectivity index (χ0n) is 11.0. The number of hydrogen-bond acceptors (Lipinski definition) is 4. The summed E-state index contributed by atoms with van der Waals surface area (Å²) < 4.78 is 10.5. The quantitative estimate of drug-likeness (QED) is 0.611. The van der Waals surface area contributed by atoms with Gasteiger partial charge in [-0.05, 0) is 49.7 Å². The maximum atomic E-state index is 11.2. The van der Waals surface area contributed by atoms with Crippen LogP contribution < -0.4 is 9.47 Å². The Morgan fingerprint density at radius 2 is 2.05 bits per heavy atom. The van der Waals surface area contributed by atoms with Crippen LogP contribution in [-0.4, -0.2) is 11.7 Å². The molecule has 1 heterocycles. The molecule has 1 aromatic rings. The third-order valence-corrected chi connectivity index (χ3v) is 4.65. The number of fused-ring (bicyclic) bond motifs is 3. The number of nitro groups is 1. The molecule has 2 atom stereocenters. The van der Waals surface area contributed by atoms with Crippen LogP contribution >= 0.6 is 0 Å². The van der Waals surface area contributed by atoms with E-state index in [0.717, 1.165) is 12.3 Å². The number of nitro benzene ring substituents is 1. The van der Waals surface area contributed by atoms with Crippen LogP contribution in [0.15, 0.2) is 17.7 Å². The fourth-order valence-corrected chi connectivity index (χ4v) is 3.69. The fraction of sp³-hybridized carbons (Fsp3) is 0.467. The number of benzene rings is 1. The van der Waals surface area contributed by atoms with Crippen LogP contribution in [0.5, 0.6) is 11.5 Å². The Kier molecular flexibility index (Phi) is 2.49. The van der Waals surface area contributed by atoms with Gasteiger partial charge in [0.15, 0.2) is 11.5 Å². The molecule has 5 heteroatoms. The highest BCUT2D eigenvalue weighted by Crippen LogP contribution is 2.49. The van der Waals surface area contributed by atoms with Crippen molar-refractivity contribution >= 4 is 11.8 Å². The van der Waals surface area contributed by atoms with E-state index < -0.39 is 0 Å². The van der Waals surface area contributed by atoms with E-state index in [4.69, 9.17) is 9.47 Å². The minimum absolute atomic E-state index is 0.101. The minimum Gasteiger partial charge on any atom is -0.454 e. The van der Waals surface area contributed by atoms with Gasteiger partial charge in [-0.3, -0.25) is 10.1 Å². The summed E-state index contributed by atoms with van der Waals surface area (Å²) in [4.78, 5) is 10.9. The van der Waals surface area contributed by atoms with Gasteiger partial charge in [0, 0.05) is 0 Å². The van der Waals surface area contributed by atoms with Gasteiger partial charge in [-0.2, -0.15) is 0 Å². The number of nitrogens with zero attached hydrogens (tertiary/aromatic N) is 1. The predicted molar refractivity (Wildman–Crippen MR) is 72.6 cm³/mol. The van der Waals surface area contributed by atoms with E-state index >= 15 is 0 Å². The number of allylic oxidation sites excluding steroid dienone is 1. The molecule has 2 aliphatic carbocycles. The monoisotopic (exact) mass is 273 g/mol. The van der Waals surface area contributed by atoms with Gasteiger partial charge in [0.1, 0.15) is 0 Å². The first-order valence-corrected chi connectivity index (χ1v) is 6.99. The molecule has 0 aromatic heterocycles. The summed E-state index contributed by atoms with van der Waals surface area (Å²) in [6.07, 6.45) is 6.89. The zero-order valence-corrected chi connectivity index (χ0v) is 11.0. The summed E-state index contributed by atoms with van der Waals surface area (Å²) in [5, 5.41) is 11.2. The van der Waals surface area contributed by atoms with E-state index in [2.05, 4.69) is 0 Å². The first-order valence-electron chi connectivity index (χ1n) is 6.99. The molecule has 2 bridgehead atoms. The molecule has 1 aliphatic heterocycles. The van der Waals surface area contributed by atoms with E-state index in [9.17, 15) is 10.1 Å². The Bertz CT molecular complexity index is 623. The Balaban J connectivity index is 1.77. The largest absolute Gasteiger partial charge is 0.454 e. The van der Waals surface area contributed by atoms with Crippen molar-refractivity contribution in [3.05, 3.63) is 33.4 Å². The molecule has 4 rings (SSSR count). The molecule has 0 spiro atoms. The van der Waals surface area contributed by atoms with Crippen molar-refractivity contribution < 1.29 is 14.4 Å². The maximum absolute atomic E-state index is 11.2. The second kappa shape index (κ2) is 4.23. The van der Waals surface area contributed by atoms with Crippen LogP contribution in [0, 0.1) is 22.0 Å². The second-order valence-corrected chi connectivity index (χ2v) is 5.82. The summed E-state index contributed by atoms with van der Waals surface area (Å²) in [6.45, 7) is 0.136. The Hall–Kier alpha value is -2.04. The van der Waals surface area contributed by atoms with Crippen molar-refractivity contribution in [2.45, 2.75) is 25.7 Å². The lowest BCUT2D eigenvalue weighted by Crippen LogP contribution is -1.99. The summed E-state index contributed by atoms with van der Waals surface area (Å²) >= 11 is 0. The van der Waals surface area contributed by atoms with Gasteiger partial charge >= 0.3 is 0 Å². The summed E-state index contributed by atoms with van der Waals surface area (Å²) in [7, 11) is 0.